The normalized spacial score (nSPS) is 10.8. The lowest BCUT2D eigenvalue weighted by molar-refractivity contribution is -0.388. The summed E-state index contributed by atoms with van der Waals surface area (Å²) >= 11 is 0. The second-order valence-electron chi connectivity index (χ2n) is 4.57. The van der Waals surface area contributed by atoms with Gasteiger partial charge in [-0.3, -0.25) is 14.8 Å². The van der Waals surface area contributed by atoms with Crippen molar-refractivity contribution in [3.05, 3.63) is 40.5 Å². The Morgan fingerprint density at radius 2 is 2.10 bits per heavy atom. The van der Waals surface area contributed by atoms with Crippen molar-refractivity contribution in [3.63, 3.8) is 0 Å². The third kappa shape index (κ3) is 2.47. The molecule has 20 heavy (non-hydrogen) atoms. The Balaban J connectivity index is 2.52. The number of hydrogen-bond acceptors (Lipinski definition) is 4. The van der Waals surface area contributed by atoms with E-state index >= 15 is 0 Å². The van der Waals surface area contributed by atoms with Gasteiger partial charge in [-0.2, -0.15) is 9.49 Å². The van der Waals surface area contributed by atoms with Crippen molar-refractivity contribution < 1.29 is 14.1 Å². The number of hydrogen-bond donors (Lipinski definition) is 0. The van der Waals surface area contributed by atoms with Crippen LogP contribution in [0.15, 0.2) is 24.5 Å². The van der Waals surface area contributed by atoms with Crippen LogP contribution in [-0.4, -0.2) is 21.8 Å². The van der Waals surface area contributed by atoms with E-state index in [1.807, 2.05) is 13.8 Å². The fourth-order valence-corrected chi connectivity index (χ4v) is 1.84. The largest absolute Gasteiger partial charge is 0.490 e. The van der Waals surface area contributed by atoms with Crippen molar-refractivity contribution in [2.45, 2.75) is 19.9 Å². The minimum atomic E-state index is -0.929. The van der Waals surface area contributed by atoms with Gasteiger partial charge in [-0.15, -0.1) is 0 Å². The monoisotopic (exact) mass is 279 g/mol. The lowest BCUT2D eigenvalue weighted by Crippen LogP contribution is -2.00. The van der Waals surface area contributed by atoms with E-state index in [9.17, 15) is 14.5 Å². The Morgan fingerprint density at radius 1 is 1.40 bits per heavy atom. The molecule has 1 heterocycles. The topological polar surface area (TPSA) is 70.2 Å². The van der Waals surface area contributed by atoms with Crippen molar-refractivity contribution in [2.75, 3.05) is 7.11 Å². The van der Waals surface area contributed by atoms with Crippen LogP contribution in [0.2, 0.25) is 0 Å². The summed E-state index contributed by atoms with van der Waals surface area (Å²) in [4.78, 5) is 10.0. The standard InChI is InChI=1S/C13H14FN3O3/c1-8(2)16-7-10(6-15-16)9-4-11(14)13(17(18)19)12(5-9)20-3/h4-8H,1-3H3. The molecule has 1 aromatic carbocycles. The molecule has 7 heteroatoms. The van der Waals surface area contributed by atoms with E-state index in [0.29, 0.717) is 11.1 Å². The molecule has 0 saturated carbocycles. The second-order valence-corrected chi connectivity index (χ2v) is 4.57. The van der Waals surface area contributed by atoms with Gasteiger partial charge in [-0.1, -0.05) is 0 Å². The van der Waals surface area contributed by atoms with Gasteiger partial charge in [0, 0.05) is 17.8 Å². The highest BCUT2D eigenvalue weighted by Gasteiger charge is 2.23. The Labute approximate surface area is 114 Å². The van der Waals surface area contributed by atoms with E-state index in [-0.39, 0.29) is 11.8 Å². The first-order valence-electron chi connectivity index (χ1n) is 6.00. The van der Waals surface area contributed by atoms with Crippen LogP contribution in [0.3, 0.4) is 0 Å². The van der Waals surface area contributed by atoms with Crippen LogP contribution in [0.4, 0.5) is 10.1 Å². The zero-order valence-electron chi connectivity index (χ0n) is 11.3. The van der Waals surface area contributed by atoms with Crippen molar-refractivity contribution in [2.24, 2.45) is 0 Å². The first-order valence-corrected chi connectivity index (χ1v) is 6.00. The van der Waals surface area contributed by atoms with Crippen LogP contribution in [-0.2, 0) is 0 Å². The van der Waals surface area contributed by atoms with Gasteiger partial charge in [0.2, 0.25) is 11.6 Å². The predicted octanol–water partition coefficient (Wildman–Crippen LogP) is 3.19. The van der Waals surface area contributed by atoms with Gasteiger partial charge in [0.05, 0.1) is 18.2 Å². The summed E-state index contributed by atoms with van der Waals surface area (Å²) in [5.74, 6) is -1.04. The SMILES string of the molecule is COc1cc(-c2cnn(C(C)C)c2)cc(F)c1[N+](=O)[O-]. The van der Waals surface area contributed by atoms with Crippen LogP contribution in [0.25, 0.3) is 11.1 Å². The van der Waals surface area contributed by atoms with Gasteiger partial charge >= 0.3 is 5.69 Å². The highest BCUT2D eigenvalue weighted by Crippen LogP contribution is 2.35. The average Bonchev–Trinajstić information content (AvgIpc) is 2.86. The number of nitrogens with zero attached hydrogens (tertiary/aromatic N) is 3. The number of aromatic nitrogens is 2. The Morgan fingerprint density at radius 3 is 2.60 bits per heavy atom. The first kappa shape index (κ1) is 14.0. The fourth-order valence-electron chi connectivity index (χ4n) is 1.84. The maximum atomic E-state index is 13.9. The van der Waals surface area contributed by atoms with Gasteiger partial charge in [0.1, 0.15) is 0 Å². The van der Waals surface area contributed by atoms with E-state index in [2.05, 4.69) is 5.10 Å². The number of nitro benzene ring substituents is 1. The third-order valence-corrected chi connectivity index (χ3v) is 2.89. The molecule has 106 valence electrons. The lowest BCUT2D eigenvalue weighted by Gasteiger charge is -2.06. The minimum absolute atomic E-state index is 0.109. The summed E-state index contributed by atoms with van der Waals surface area (Å²) in [6.07, 6.45) is 3.34. The third-order valence-electron chi connectivity index (χ3n) is 2.89. The summed E-state index contributed by atoms with van der Waals surface area (Å²) in [5, 5.41) is 15.0. The van der Waals surface area contributed by atoms with E-state index < -0.39 is 16.4 Å². The molecule has 0 unspecified atom stereocenters. The van der Waals surface area contributed by atoms with Crippen LogP contribution in [0.1, 0.15) is 19.9 Å². The van der Waals surface area contributed by atoms with Crippen LogP contribution >= 0.6 is 0 Å². The zero-order valence-corrected chi connectivity index (χ0v) is 11.3. The molecule has 0 fully saturated rings. The molecule has 0 amide bonds. The summed E-state index contributed by atoms with van der Waals surface area (Å²) in [7, 11) is 1.27. The second kappa shape index (κ2) is 5.28. The average molecular weight is 279 g/mol. The maximum absolute atomic E-state index is 13.9. The molecule has 0 aliphatic rings. The number of halogens is 1. The van der Waals surface area contributed by atoms with Crippen molar-refractivity contribution in [1.82, 2.24) is 9.78 Å². The van der Waals surface area contributed by atoms with Gasteiger partial charge in [0.25, 0.3) is 0 Å². The predicted molar refractivity (Wildman–Crippen MR) is 71.2 cm³/mol. The highest BCUT2D eigenvalue weighted by atomic mass is 19.1. The number of ether oxygens (including phenoxy) is 1. The molecule has 0 radical (unpaired) electrons. The Hall–Kier alpha value is -2.44. The molecule has 0 bridgehead atoms. The minimum Gasteiger partial charge on any atom is -0.490 e. The van der Waals surface area contributed by atoms with Crippen molar-refractivity contribution >= 4 is 5.69 Å². The number of rotatable bonds is 4. The molecule has 0 saturated heterocycles. The molecule has 0 aliphatic carbocycles. The van der Waals surface area contributed by atoms with E-state index in [1.54, 1.807) is 17.1 Å². The smallest absolute Gasteiger partial charge is 0.346 e. The summed E-state index contributed by atoms with van der Waals surface area (Å²) in [5.41, 5.74) is 0.496. The molecule has 0 N–H and O–H groups in total. The molecule has 0 aliphatic heterocycles. The van der Waals surface area contributed by atoms with Gasteiger partial charge in [-0.05, 0) is 31.5 Å². The highest BCUT2D eigenvalue weighted by molar-refractivity contribution is 5.67. The molecule has 2 rings (SSSR count). The molecule has 0 atom stereocenters. The number of methoxy groups -OCH3 is 1. The number of nitro groups is 1. The first-order chi connectivity index (χ1) is 9.43. The zero-order chi connectivity index (χ0) is 14.9. The lowest BCUT2D eigenvalue weighted by atomic mass is 10.1. The Kier molecular flexibility index (Phi) is 3.69. The molecule has 1 aromatic heterocycles. The molecular weight excluding hydrogens is 265 g/mol. The van der Waals surface area contributed by atoms with E-state index in [4.69, 9.17) is 4.74 Å². The van der Waals surface area contributed by atoms with E-state index in [1.165, 1.54) is 13.2 Å². The maximum Gasteiger partial charge on any atom is 0.346 e. The molecule has 6 nitrogen and oxygen atoms in total. The molecule has 2 aromatic rings. The quantitative estimate of drug-likeness (QED) is 0.636. The van der Waals surface area contributed by atoms with Crippen LogP contribution < -0.4 is 4.74 Å². The summed E-state index contributed by atoms with van der Waals surface area (Å²) in [6, 6.07) is 2.72. The molecular formula is C13H14FN3O3. The number of benzene rings is 1. The fraction of sp³-hybridized carbons (Fsp3) is 0.308. The van der Waals surface area contributed by atoms with Gasteiger partial charge < -0.3 is 4.74 Å². The summed E-state index contributed by atoms with van der Waals surface area (Å²) < 4.78 is 20.5. The van der Waals surface area contributed by atoms with Crippen molar-refractivity contribution in [3.8, 4) is 16.9 Å². The summed E-state index contributed by atoms with van der Waals surface area (Å²) in [6.45, 7) is 3.93. The van der Waals surface area contributed by atoms with Crippen LogP contribution in [0.5, 0.6) is 5.75 Å². The molecule has 0 spiro atoms. The Bertz CT molecular complexity index is 652. The van der Waals surface area contributed by atoms with Crippen LogP contribution in [0, 0.1) is 15.9 Å². The van der Waals surface area contributed by atoms with Gasteiger partial charge in [-0.25, -0.2) is 0 Å². The van der Waals surface area contributed by atoms with E-state index in [0.717, 1.165) is 6.07 Å². The van der Waals surface area contributed by atoms with Crippen molar-refractivity contribution in [1.29, 1.82) is 0 Å². The van der Waals surface area contributed by atoms with Gasteiger partial charge in [0.15, 0.2) is 0 Å².